The van der Waals surface area contributed by atoms with Gasteiger partial charge in [-0.2, -0.15) is 0 Å². The van der Waals surface area contributed by atoms with E-state index in [-0.39, 0.29) is 23.4 Å². The Morgan fingerprint density at radius 3 is 2.39 bits per heavy atom. The van der Waals surface area contributed by atoms with Crippen LogP contribution in [0.4, 0.5) is 0 Å². The smallest absolute Gasteiger partial charge is 0.295 e. The van der Waals surface area contributed by atoms with E-state index < -0.39 is 17.7 Å². The molecule has 4 rings (SSSR count). The van der Waals surface area contributed by atoms with Gasteiger partial charge in [-0.25, -0.2) is 0 Å². The summed E-state index contributed by atoms with van der Waals surface area (Å²) in [5, 5.41) is 11.7. The molecule has 186 valence electrons. The first-order valence-corrected chi connectivity index (χ1v) is 11.7. The molecule has 0 spiro atoms. The normalized spacial score (nSPS) is 16.8. The van der Waals surface area contributed by atoms with Crippen molar-refractivity contribution in [2.45, 2.75) is 19.5 Å². The number of halogens is 1. The molecule has 1 amide bonds. The molecule has 7 nitrogen and oxygen atoms in total. The van der Waals surface area contributed by atoms with Crippen LogP contribution in [0.1, 0.15) is 29.7 Å². The van der Waals surface area contributed by atoms with Gasteiger partial charge in [-0.05, 0) is 60.5 Å². The molecule has 1 N–H and O–H groups in total. The first kappa shape index (κ1) is 25.1. The number of likely N-dealkylation sites (tertiary alicyclic amines) is 1. The molecule has 1 atom stereocenters. The number of carbonyl (C=O) groups excluding carboxylic acids is 2. The number of rotatable bonds is 8. The van der Waals surface area contributed by atoms with Gasteiger partial charge in [0.1, 0.15) is 23.0 Å². The maximum Gasteiger partial charge on any atom is 0.295 e. The third-order valence-corrected chi connectivity index (χ3v) is 6.19. The lowest BCUT2D eigenvalue weighted by molar-refractivity contribution is -0.140. The zero-order valence-electron chi connectivity index (χ0n) is 20.2. The molecular weight excluding hydrogens is 482 g/mol. The molecule has 0 aliphatic carbocycles. The van der Waals surface area contributed by atoms with Crippen molar-refractivity contribution in [2.75, 3.05) is 20.8 Å². The summed E-state index contributed by atoms with van der Waals surface area (Å²) >= 11 is 6.18. The highest BCUT2D eigenvalue weighted by Gasteiger charge is 2.46. The van der Waals surface area contributed by atoms with Gasteiger partial charge in [0.15, 0.2) is 0 Å². The second-order valence-corrected chi connectivity index (χ2v) is 8.56. The number of hydrogen-bond acceptors (Lipinski definition) is 6. The number of nitrogens with zero attached hydrogens (tertiary/aromatic N) is 1. The van der Waals surface area contributed by atoms with Gasteiger partial charge in [0.2, 0.25) is 0 Å². The molecule has 1 saturated heterocycles. The number of hydrogen-bond donors (Lipinski definition) is 1. The van der Waals surface area contributed by atoms with E-state index in [4.69, 9.17) is 25.8 Å². The number of aliphatic hydroxyl groups is 1. The zero-order chi connectivity index (χ0) is 25.8. The van der Waals surface area contributed by atoms with E-state index in [2.05, 4.69) is 0 Å². The summed E-state index contributed by atoms with van der Waals surface area (Å²) < 4.78 is 16.2. The third-order valence-electron chi connectivity index (χ3n) is 5.95. The Morgan fingerprint density at radius 2 is 1.72 bits per heavy atom. The maximum atomic E-state index is 13.3. The standard InChI is InChI=1S/C28H26ClNO6/c1-4-36-21-7-5-6-17(14-21)16-30-25(18-8-11-20(34-2)12-9-18)24(27(32)28(30)33)26(31)22-15-19(29)10-13-23(22)35-3/h5-15,25,31H,4,16H2,1-3H3/b26-24+. The average molecular weight is 508 g/mol. The summed E-state index contributed by atoms with van der Waals surface area (Å²) in [6.45, 7) is 2.52. The zero-order valence-corrected chi connectivity index (χ0v) is 20.9. The van der Waals surface area contributed by atoms with E-state index in [0.29, 0.717) is 34.4 Å². The van der Waals surface area contributed by atoms with Crippen LogP contribution in [0.5, 0.6) is 17.2 Å². The van der Waals surface area contributed by atoms with Crippen LogP contribution >= 0.6 is 11.6 Å². The SMILES string of the molecule is CCOc1cccc(CN2C(=O)C(=O)/C(=C(/O)c3cc(Cl)ccc3OC)C2c2ccc(OC)cc2)c1. The van der Waals surface area contributed by atoms with Crippen molar-refractivity contribution < 1.29 is 28.9 Å². The summed E-state index contributed by atoms with van der Waals surface area (Å²) in [5.41, 5.74) is 1.59. The van der Waals surface area contributed by atoms with E-state index in [9.17, 15) is 14.7 Å². The van der Waals surface area contributed by atoms with Crippen LogP contribution < -0.4 is 14.2 Å². The Kier molecular flexibility index (Phi) is 7.50. The van der Waals surface area contributed by atoms with Gasteiger partial charge in [-0.1, -0.05) is 35.9 Å². The number of ether oxygens (including phenoxy) is 3. The second-order valence-electron chi connectivity index (χ2n) is 8.13. The van der Waals surface area contributed by atoms with Crippen LogP contribution in [0.25, 0.3) is 5.76 Å². The van der Waals surface area contributed by atoms with Crippen LogP contribution in [0.3, 0.4) is 0 Å². The first-order valence-electron chi connectivity index (χ1n) is 11.4. The van der Waals surface area contributed by atoms with Crippen LogP contribution in [0, 0.1) is 0 Å². The summed E-state index contributed by atoms with van der Waals surface area (Å²) in [6.07, 6.45) is 0. The molecule has 0 bridgehead atoms. The largest absolute Gasteiger partial charge is 0.507 e. The van der Waals surface area contributed by atoms with Crippen molar-refractivity contribution in [3.8, 4) is 17.2 Å². The molecule has 1 fully saturated rings. The molecule has 0 saturated carbocycles. The van der Waals surface area contributed by atoms with E-state index in [1.165, 1.54) is 18.1 Å². The molecule has 1 unspecified atom stereocenters. The van der Waals surface area contributed by atoms with Gasteiger partial charge in [0, 0.05) is 11.6 Å². The van der Waals surface area contributed by atoms with E-state index in [1.807, 2.05) is 31.2 Å². The molecule has 1 heterocycles. The predicted molar refractivity (Wildman–Crippen MR) is 136 cm³/mol. The molecular formula is C28H26ClNO6. The number of benzene rings is 3. The van der Waals surface area contributed by atoms with E-state index in [0.717, 1.165) is 5.56 Å². The lowest BCUT2D eigenvalue weighted by Gasteiger charge is -2.26. The number of aliphatic hydroxyl groups excluding tert-OH is 1. The molecule has 0 aromatic heterocycles. The van der Waals surface area contributed by atoms with Crippen molar-refractivity contribution >= 4 is 29.1 Å². The lowest BCUT2D eigenvalue weighted by atomic mass is 9.94. The molecule has 3 aromatic rings. The van der Waals surface area contributed by atoms with Crippen LogP contribution in [-0.4, -0.2) is 42.5 Å². The first-order chi connectivity index (χ1) is 17.4. The van der Waals surface area contributed by atoms with E-state index in [1.54, 1.807) is 43.5 Å². The highest BCUT2D eigenvalue weighted by molar-refractivity contribution is 6.46. The topological polar surface area (TPSA) is 85.3 Å². The minimum atomic E-state index is -0.852. The highest BCUT2D eigenvalue weighted by Crippen LogP contribution is 2.42. The quantitative estimate of drug-likeness (QED) is 0.250. The minimum Gasteiger partial charge on any atom is -0.507 e. The Morgan fingerprint density at radius 1 is 0.972 bits per heavy atom. The third kappa shape index (κ3) is 4.88. The molecule has 1 aliphatic heterocycles. The summed E-state index contributed by atoms with van der Waals surface area (Å²) in [7, 11) is 3.00. The van der Waals surface area contributed by atoms with Crippen molar-refractivity contribution in [1.82, 2.24) is 4.90 Å². The van der Waals surface area contributed by atoms with Gasteiger partial charge in [0.05, 0.1) is 38.0 Å². The monoisotopic (exact) mass is 507 g/mol. The Hall–Kier alpha value is -3.97. The number of Topliss-reactive ketones (excluding diaryl/α,β-unsaturated/α-hetero) is 1. The Bertz CT molecular complexity index is 1320. The van der Waals surface area contributed by atoms with Gasteiger partial charge >= 0.3 is 0 Å². The summed E-state index contributed by atoms with van der Waals surface area (Å²) in [5.74, 6) is -0.274. The van der Waals surface area contributed by atoms with Gasteiger partial charge < -0.3 is 24.2 Å². The Labute approximate surface area is 214 Å². The van der Waals surface area contributed by atoms with Gasteiger partial charge in [-0.3, -0.25) is 9.59 Å². The molecule has 36 heavy (non-hydrogen) atoms. The number of carbonyl (C=O) groups is 2. The fourth-order valence-corrected chi connectivity index (χ4v) is 4.46. The molecule has 0 radical (unpaired) electrons. The van der Waals surface area contributed by atoms with Gasteiger partial charge in [-0.15, -0.1) is 0 Å². The maximum absolute atomic E-state index is 13.3. The fraction of sp³-hybridized carbons (Fsp3) is 0.214. The Balaban J connectivity index is 1.86. The fourth-order valence-electron chi connectivity index (χ4n) is 4.28. The van der Waals surface area contributed by atoms with Crippen molar-refractivity contribution in [3.63, 3.8) is 0 Å². The van der Waals surface area contributed by atoms with Crippen LogP contribution in [-0.2, 0) is 16.1 Å². The minimum absolute atomic E-state index is 0.0494. The second kappa shape index (κ2) is 10.7. The molecule has 8 heteroatoms. The van der Waals surface area contributed by atoms with Crippen molar-refractivity contribution in [3.05, 3.63) is 94.0 Å². The number of ketones is 1. The number of amides is 1. The summed E-state index contributed by atoms with van der Waals surface area (Å²) in [4.78, 5) is 28.1. The predicted octanol–water partition coefficient (Wildman–Crippen LogP) is 5.38. The van der Waals surface area contributed by atoms with Gasteiger partial charge in [0.25, 0.3) is 11.7 Å². The highest BCUT2D eigenvalue weighted by atomic mass is 35.5. The van der Waals surface area contributed by atoms with E-state index >= 15 is 0 Å². The molecule has 1 aliphatic rings. The molecule has 3 aromatic carbocycles. The summed E-state index contributed by atoms with van der Waals surface area (Å²) in [6, 6.07) is 18.2. The lowest BCUT2D eigenvalue weighted by Crippen LogP contribution is -2.29. The van der Waals surface area contributed by atoms with Crippen molar-refractivity contribution in [1.29, 1.82) is 0 Å². The average Bonchev–Trinajstić information content (AvgIpc) is 3.13. The van der Waals surface area contributed by atoms with Crippen LogP contribution in [0.2, 0.25) is 5.02 Å². The van der Waals surface area contributed by atoms with Crippen molar-refractivity contribution in [2.24, 2.45) is 0 Å². The van der Waals surface area contributed by atoms with Crippen LogP contribution in [0.15, 0.2) is 72.3 Å². The number of methoxy groups -OCH3 is 2.